The van der Waals surface area contributed by atoms with Crippen LogP contribution in [0.25, 0.3) is 11.0 Å². The number of hydrogen-bond donors (Lipinski definition) is 1. The summed E-state index contributed by atoms with van der Waals surface area (Å²) in [6, 6.07) is 5.72. The van der Waals surface area contributed by atoms with Gasteiger partial charge in [-0.05, 0) is 45.3 Å². The Morgan fingerprint density at radius 1 is 1.13 bits per heavy atom. The quantitative estimate of drug-likeness (QED) is 0.857. The van der Waals surface area contributed by atoms with Gasteiger partial charge in [-0.1, -0.05) is 6.07 Å². The molecule has 0 aliphatic carbocycles. The minimum atomic E-state index is -0.437. The van der Waals surface area contributed by atoms with E-state index in [-0.39, 0.29) is 24.4 Å². The molecule has 0 saturated carbocycles. The molecule has 1 fully saturated rings. The van der Waals surface area contributed by atoms with Gasteiger partial charge in [0.25, 0.3) is 0 Å². The molecule has 0 unspecified atom stereocenters. The standard InChI is InChI=1S/C16H21BN2O4/c1-15(2)16(3,4)23-17(22-15)11-5-6-12-13(9-11)19-14(10-18-12)21-8-7-20/h5-6,9-10,20H,7-8H2,1-4H3. The van der Waals surface area contributed by atoms with Crippen molar-refractivity contribution in [2.75, 3.05) is 13.2 Å². The summed E-state index contributed by atoms with van der Waals surface area (Å²) in [7, 11) is -0.437. The second-order valence-corrected chi connectivity index (χ2v) is 6.62. The van der Waals surface area contributed by atoms with Crippen molar-refractivity contribution >= 4 is 23.6 Å². The predicted octanol–water partition coefficient (Wildman–Crippen LogP) is 1.30. The Balaban J connectivity index is 1.90. The summed E-state index contributed by atoms with van der Waals surface area (Å²) in [4.78, 5) is 8.72. The van der Waals surface area contributed by atoms with Crippen LogP contribution in [0.15, 0.2) is 24.4 Å². The fraction of sp³-hybridized carbons (Fsp3) is 0.500. The largest absolute Gasteiger partial charge is 0.494 e. The zero-order valence-electron chi connectivity index (χ0n) is 13.9. The van der Waals surface area contributed by atoms with Crippen LogP contribution in [-0.2, 0) is 9.31 Å². The Morgan fingerprint density at radius 2 is 1.83 bits per heavy atom. The summed E-state index contributed by atoms with van der Waals surface area (Å²) >= 11 is 0. The first-order chi connectivity index (χ1) is 10.8. The normalized spacial score (nSPS) is 19.3. The molecule has 7 heteroatoms. The Kier molecular flexibility index (Phi) is 4.04. The minimum Gasteiger partial charge on any atom is -0.474 e. The second kappa shape index (κ2) is 5.74. The van der Waals surface area contributed by atoms with Gasteiger partial charge >= 0.3 is 7.12 Å². The molecule has 3 rings (SSSR count). The van der Waals surface area contributed by atoms with E-state index in [1.54, 1.807) is 6.20 Å². The average molecular weight is 316 g/mol. The molecule has 1 aliphatic heterocycles. The van der Waals surface area contributed by atoms with Gasteiger partial charge < -0.3 is 19.2 Å². The molecule has 0 radical (unpaired) electrons. The van der Waals surface area contributed by atoms with E-state index in [0.717, 1.165) is 11.0 Å². The molecule has 2 heterocycles. The van der Waals surface area contributed by atoms with Crippen molar-refractivity contribution in [2.24, 2.45) is 0 Å². The molecule has 1 aromatic carbocycles. The maximum Gasteiger partial charge on any atom is 0.494 e. The Hall–Kier alpha value is -1.70. The highest BCUT2D eigenvalue weighted by Crippen LogP contribution is 2.36. The number of aromatic nitrogens is 2. The van der Waals surface area contributed by atoms with Crippen LogP contribution in [0.2, 0.25) is 0 Å². The van der Waals surface area contributed by atoms with Crippen LogP contribution in [0, 0.1) is 0 Å². The number of aliphatic hydroxyl groups excluding tert-OH is 1. The summed E-state index contributed by atoms with van der Waals surface area (Å²) in [6.45, 7) is 8.22. The summed E-state index contributed by atoms with van der Waals surface area (Å²) < 4.78 is 17.4. The van der Waals surface area contributed by atoms with E-state index in [4.69, 9.17) is 19.2 Å². The highest BCUT2D eigenvalue weighted by molar-refractivity contribution is 6.62. The molecule has 122 valence electrons. The van der Waals surface area contributed by atoms with Gasteiger partial charge in [0, 0.05) is 0 Å². The highest BCUT2D eigenvalue weighted by atomic mass is 16.7. The zero-order valence-corrected chi connectivity index (χ0v) is 13.9. The minimum absolute atomic E-state index is 0.0618. The van der Waals surface area contributed by atoms with Gasteiger partial charge in [0.2, 0.25) is 5.88 Å². The maximum absolute atomic E-state index is 8.82. The second-order valence-electron chi connectivity index (χ2n) is 6.62. The van der Waals surface area contributed by atoms with Crippen molar-refractivity contribution in [3.63, 3.8) is 0 Å². The van der Waals surface area contributed by atoms with Crippen LogP contribution >= 0.6 is 0 Å². The SMILES string of the molecule is CC1(C)OB(c2ccc3ncc(OCCO)nc3c2)OC1(C)C. The lowest BCUT2D eigenvalue weighted by molar-refractivity contribution is 0.00578. The number of hydrogen-bond acceptors (Lipinski definition) is 6. The van der Waals surface area contributed by atoms with Crippen molar-refractivity contribution in [2.45, 2.75) is 38.9 Å². The van der Waals surface area contributed by atoms with Crippen LogP contribution in [0.5, 0.6) is 5.88 Å². The molecule has 1 aliphatic rings. The lowest BCUT2D eigenvalue weighted by Gasteiger charge is -2.32. The highest BCUT2D eigenvalue weighted by Gasteiger charge is 2.51. The maximum atomic E-state index is 8.82. The fourth-order valence-electron chi connectivity index (χ4n) is 2.36. The van der Waals surface area contributed by atoms with Gasteiger partial charge in [0.15, 0.2) is 0 Å². The van der Waals surface area contributed by atoms with Crippen molar-refractivity contribution in [1.29, 1.82) is 0 Å². The van der Waals surface area contributed by atoms with Gasteiger partial charge in [-0.2, -0.15) is 0 Å². The topological polar surface area (TPSA) is 73.7 Å². The number of aliphatic hydroxyl groups is 1. The summed E-state index contributed by atoms with van der Waals surface area (Å²) in [5.74, 6) is 0.387. The zero-order chi connectivity index (χ0) is 16.7. The lowest BCUT2D eigenvalue weighted by Crippen LogP contribution is -2.41. The summed E-state index contributed by atoms with van der Waals surface area (Å²) in [5, 5.41) is 8.82. The molecule has 0 bridgehead atoms. The molecule has 2 aromatic rings. The Labute approximate surface area is 135 Å². The Bertz CT molecular complexity index is 704. The van der Waals surface area contributed by atoms with Gasteiger partial charge in [-0.25, -0.2) is 9.97 Å². The number of nitrogens with zero attached hydrogens (tertiary/aromatic N) is 2. The summed E-state index contributed by atoms with van der Waals surface area (Å²) in [5.41, 5.74) is 1.59. The molecule has 0 amide bonds. The predicted molar refractivity (Wildman–Crippen MR) is 87.8 cm³/mol. The third-order valence-electron chi connectivity index (χ3n) is 4.41. The van der Waals surface area contributed by atoms with Crippen LogP contribution in [0.4, 0.5) is 0 Å². The van der Waals surface area contributed by atoms with E-state index in [0.29, 0.717) is 11.4 Å². The van der Waals surface area contributed by atoms with Gasteiger partial charge in [0.05, 0.1) is 35.0 Å². The first-order valence-corrected chi connectivity index (χ1v) is 7.68. The average Bonchev–Trinajstić information content (AvgIpc) is 2.72. The van der Waals surface area contributed by atoms with Gasteiger partial charge in [-0.15, -0.1) is 0 Å². The third-order valence-corrected chi connectivity index (χ3v) is 4.41. The van der Waals surface area contributed by atoms with E-state index < -0.39 is 7.12 Å². The van der Waals surface area contributed by atoms with E-state index in [2.05, 4.69) is 9.97 Å². The number of ether oxygens (including phenoxy) is 1. The van der Waals surface area contributed by atoms with Crippen LogP contribution < -0.4 is 10.2 Å². The fourth-order valence-corrected chi connectivity index (χ4v) is 2.36. The number of benzene rings is 1. The van der Waals surface area contributed by atoms with E-state index >= 15 is 0 Å². The smallest absolute Gasteiger partial charge is 0.474 e. The molecule has 23 heavy (non-hydrogen) atoms. The lowest BCUT2D eigenvalue weighted by atomic mass is 9.79. The first kappa shape index (κ1) is 16.2. The van der Waals surface area contributed by atoms with Gasteiger partial charge in [0.1, 0.15) is 6.61 Å². The number of rotatable bonds is 4. The van der Waals surface area contributed by atoms with Crippen molar-refractivity contribution in [3.8, 4) is 5.88 Å². The van der Waals surface area contributed by atoms with Crippen LogP contribution in [-0.4, -0.2) is 46.6 Å². The molecule has 1 N–H and O–H groups in total. The molecule has 1 saturated heterocycles. The van der Waals surface area contributed by atoms with E-state index in [1.165, 1.54) is 0 Å². The van der Waals surface area contributed by atoms with Crippen molar-refractivity contribution in [3.05, 3.63) is 24.4 Å². The first-order valence-electron chi connectivity index (χ1n) is 7.68. The van der Waals surface area contributed by atoms with Gasteiger partial charge in [-0.3, -0.25) is 0 Å². The molecular formula is C16H21BN2O4. The third kappa shape index (κ3) is 3.04. The van der Waals surface area contributed by atoms with Crippen LogP contribution in [0.1, 0.15) is 27.7 Å². The number of fused-ring (bicyclic) bond motifs is 1. The molecule has 0 atom stereocenters. The van der Waals surface area contributed by atoms with E-state index in [1.807, 2.05) is 45.9 Å². The van der Waals surface area contributed by atoms with Crippen molar-refractivity contribution < 1.29 is 19.2 Å². The Morgan fingerprint density at radius 3 is 2.48 bits per heavy atom. The molecule has 1 aromatic heterocycles. The molecular weight excluding hydrogens is 295 g/mol. The summed E-state index contributed by atoms with van der Waals surface area (Å²) in [6.07, 6.45) is 1.55. The van der Waals surface area contributed by atoms with Crippen molar-refractivity contribution in [1.82, 2.24) is 9.97 Å². The molecule has 6 nitrogen and oxygen atoms in total. The van der Waals surface area contributed by atoms with Crippen LogP contribution in [0.3, 0.4) is 0 Å². The monoisotopic (exact) mass is 316 g/mol. The molecule has 0 spiro atoms. The van der Waals surface area contributed by atoms with E-state index in [9.17, 15) is 0 Å².